The van der Waals surface area contributed by atoms with Crippen LogP contribution >= 0.6 is 0 Å². The van der Waals surface area contributed by atoms with Crippen LogP contribution in [0.1, 0.15) is 31.4 Å². The third-order valence-corrected chi connectivity index (χ3v) is 4.25. The van der Waals surface area contributed by atoms with Crippen molar-refractivity contribution in [3.63, 3.8) is 0 Å². The minimum absolute atomic E-state index is 0.0739. The number of nitrogens with two attached hydrogens (primary N) is 1. The van der Waals surface area contributed by atoms with Crippen molar-refractivity contribution in [2.24, 2.45) is 0 Å². The van der Waals surface area contributed by atoms with Crippen molar-refractivity contribution in [3.05, 3.63) is 47.5 Å². The molecule has 1 unspecified atom stereocenters. The van der Waals surface area contributed by atoms with Gasteiger partial charge in [-0.25, -0.2) is 0 Å². The number of aryl methyl sites for hydroxylation is 1. The molecular weight excluding hydrogens is 316 g/mol. The summed E-state index contributed by atoms with van der Waals surface area (Å²) in [4.78, 5) is 12.4. The zero-order chi connectivity index (χ0) is 17.8. The van der Waals surface area contributed by atoms with E-state index in [1.165, 1.54) is 0 Å². The first-order valence-electron chi connectivity index (χ1n) is 8.66. The Labute approximate surface area is 148 Å². The van der Waals surface area contributed by atoms with E-state index in [1.807, 2.05) is 50.2 Å². The van der Waals surface area contributed by atoms with E-state index in [0.717, 1.165) is 23.3 Å². The molecule has 1 aliphatic rings. The molecule has 3 N–H and O–H groups in total. The van der Waals surface area contributed by atoms with Gasteiger partial charge in [-0.2, -0.15) is 0 Å². The molecule has 0 bridgehead atoms. The quantitative estimate of drug-likeness (QED) is 0.789. The van der Waals surface area contributed by atoms with Gasteiger partial charge in [0.15, 0.2) is 0 Å². The number of para-hydroxylation sites is 1. The Balaban J connectivity index is 1.70. The Hall–Kier alpha value is -2.69. The molecule has 0 fully saturated rings. The molecule has 0 saturated carbocycles. The van der Waals surface area contributed by atoms with Gasteiger partial charge in [0.2, 0.25) is 5.91 Å². The van der Waals surface area contributed by atoms with E-state index in [0.29, 0.717) is 36.6 Å². The number of hydrogen-bond donors (Lipinski definition) is 2. The van der Waals surface area contributed by atoms with E-state index >= 15 is 0 Å². The lowest BCUT2D eigenvalue weighted by molar-refractivity contribution is -0.116. The first-order chi connectivity index (χ1) is 12.1. The molecule has 1 heterocycles. The smallest absolute Gasteiger partial charge is 0.224 e. The summed E-state index contributed by atoms with van der Waals surface area (Å²) in [5.74, 6) is 1.43. The second kappa shape index (κ2) is 7.47. The van der Waals surface area contributed by atoms with Gasteiger partial charge in [-0.3, -0.25) is 4.79 Å². The number of fused-ring (bicyclic) bond motifs is 1. The maximum Gasteiger partial charge on any atom is 0.224 e. The van der Waals surface area contributed by atoms with Gasteiger partial charge < -0.3 is 20.5 Å². The zero-order valence-electron chi connectivity index (χ0n) is 14.7. The van der Waals surface area contributed by atoms with E-state index in [-0.39, 0.29) is 12.0 Å². The predicted molar refractivity (Wildman–Crippen MR) is 99.2 cm³/mol. The Bertz CT molecular complexity index is 774. The third kappa shape index (κ3) is 4.05. The lowest BCUT2D eigenvalue weighted by atomic mass is 10.1. The van der Waals surface area contributed by atoms with Gasteiger partial charge in [0.1, 0.15) is 17.6 Å². The van der Waals surface area contributed by atoms with Gasteiger partial charge in [0, 0.05) is 30.2 Å². The van der Waals surface area contributed by atoms with Crippen LogP contribution in [-0.4, -0.2) is 18.6 Å². The fourth-order valence-electron chi connectivity index (χ4n) is 3.03. The maximum absolute atomic E-state index is 12.4. The molecule has 0 aliphatic carbocycles. The Morgan fingerprint density at radius 3 is 2.92 bits per heavy atom. The molecule has 0 saturated heterocycles. The lowest BCUT2D eigenvalue weighted by Gasteiger charge is -2.14. The Morgan fingerprint density at radius 2 is 2.16 bits per heavy atom. The molecule has 0 aromatic heterocycles. The number of ether oxygens (including phenoxy) is 2. The van der Waals surface area contributed by atoms with Crippen molar-refractivity contribution in [2.75, 3.05) is 17.7 Å². The Morgan fingerprint density at radius 1 is 1.36 bits per heavy atom. The first-order valence-corrected chi connectivity index (χ1v) is 8.66. The highest BCUT2D eigenvalue weighted by molar-refractivity contribution is 5.93. The molecule has 1 atom stereocenters. The monoisotopic (exact) mass is 340 g/mol. The highest BCUT2D eigenvalue weighted by Crippen LogP contribution is 2.38. The highest BCUT2D eigenvalue weighted by atomic mass is 16.5. The van der Waals surface area contributed by atoms with Crippen molar-refractivity contribution >= 4 is 17.3 Å². The van der Waals surface area contributed by atoms with Gasteiger partial charge in [0.05, 0.1) is 12.3 Å². The zero-order valence-corrected chi connectivity index (χ0v) is 14.7. The molecule has 0 spiro atoms. The predicted octanol–water partition coefficient (Wildman–Crippen LogP) is 3.56. The number of hydrogen-bond acceptors (Lipinski definition) is 4. The van der Waals surface area contributed by atoms with E-state index in [1.54, 1.807) is 0 Å². The number of carbonyl (C=O) groups excluding carboxylic acids is 1. The van der Waals surface area contributed by atoms with Crippen LogP contribution in [0.15, 0.2) is 36.4 Å². The summed E-state index contributed by atoms with van der Waals surface area (Å²) < 4.78 is 11.5. The number of benzene rings is 2. The molecule has 5 heteroatoms. The number of nitrogens with one attached hydrogen (secondary N) is 1. The van der Waals surface area contributed by atoms with Crippen LogP contribution in [0.4, 0.5) is 11.4 Å². The van der Waals surface area contributed by atoms with Crippen LogP contribution in [0.5, 0.6) is 11.5 Å². The number of carbonyl (C=O) groups is 1. The number of amides is 1. The third-order valence-electron chi connectivity index (χ3n) is 4.25. The molecule has 1 aliphatic heterocycles. The van der Waals surface area contributed by atoms with Gasteiger partial charge in [-0.1, -0.05) is 18.2 Å². The summed E-state index contributed by atoms with van der Waals surface area (Å²) in [6, 6.07) is 11.4. The number of anilines is 2. The molecule has 0 radical (unpaired) electrons. The molecule has 2 aromatic rings. The SMILES string of the molecule is CCOc1cc2c(cc1NC(=O)CCc1ccccc1N)OC(C)C2. The van der Waals surface area contributed by atoms with E-state index in [9.17, 15) is 4.79 Å². The van der Waals surface area contributed by atoms with E-state index in [2.05, 4.69) is 5.32 Å². The average Bonchev–Trinajstić information content (AvgIpc) is 2.93. The number of rotatable bonds is 6. The summed E-state index contributed by atoms with van der Waals surface area (Å²) in [7, 11) is 0. The van der Waals surface area contributed by atoms with Crippen molar-refractivity contribution in [1.82, 2.24) is 0 Å². The van der Waals surface area contributed by atoms with Crippen LogP contribution in [0.3, 0.4) is 0 Å². The summed E-state index contributed by atoms with van der Waals surface area (Å²) in [5.41, 5.74) is 9.39. The molecule has 5 nitrogen and oxygen atoms in total. The topological polar surface area (TPSA) is 73.6 Å². The minimum Gasteiger partial charge on any atom is -0.492 e. The van der Waals surface area contributed by atoms with Crippen LogP contribution in [0.2, 0.25) is 0 Å². The summed E-state index contributed by atoms with van der Waals surface area (Å²) in [5, 5.41) is 2.94. The largest absolute Gasteiger partial charge is 0.492 e. The van der Waals surface area contributed by atoms with Gasteiger partial charge in [-0.15, -0.1) is 0 Å². The van der Waals surface area contributed by atoms with Crippen LogP contribution in [0, 0.1) is 0 Å². The molecule has 132 valence electrons. The minimum atomic E-state index is -0.0739. The fraction of sp³-hybridized carbons (Fsp3) is 0.350. The number of nitrogen functional groups attached to an aromatic ring is 1. The summed E-state index contributed by atoms with van der Waals surface area (Å²) in [6.07, 6.45) is 1.96. The van der Waals surface area contributed by atoms with Crippen molar-refractivity contribution in [3.8, 4) is 11.5 Å². The van der Waals surface area contributed by atoms with Crippen molar-refractivity contribution < 1.29 is 14.3 Å². The van der Waals surface area contributed by atoms with Crippen molar-refractivity contribution in [2.45, 2.75) is 39.2 Å². The van der Waals surface area contributed by atoms with E-state index in [4.69, 9.17) is 15.2 Å². The molecular formula is C20H24N2O3. The normalized spacial score (nSPS) is 15.4. The van der Waals surface area contributed by atoms with Crippen LogP contribution < -0.4 is 20.5 Å². The molecule has 3 rings (SSSR count). The lowest BCUT2D eigenvalue weighted by Crippen LogP contribution is -2.14. The van der Waals surface area contributed by atoms with E-state index < -0.39 is 0 Å². The van der Waals surface area contributed by atoms with Crippen molar-refractivity contribution in [1.29, 1.82) is 0 Å². The summed E-state index contributed by atoms with van der Waals surface area (Å²) in [6.45, 7) is 4.50. The van der Waals surface area contributed by atoms with Gasteiger partial charge in [-0.05, 0) is 38.0 Å². The second-order valence-electron chi connectivity index (χ2n) is 6.27. The van der Waals surface area contributed by atoms with Gasteiger partial charge >= 0.3 is 0 Å². The summed E-state index contributed by atoms with van der Waals surface area (Å²) >= 11 is 0. The Kier molecular flexibility index (Phi) is 5.12. The molecule has 2 aromatic carbocycles. The highest BCUT2D eigenvalue weighted by Gasteiger charge is 2.22. The molecule has 1 amide bonds. The van der Waals surface area contributed by atoms with Crippen LogP contribution in [0.25, 0.3) is 0 Å². The average molecular weight is 340 g/mol. The standard InChI is InChI=1S/C20H24N2O3/c1-3-24-19-11-15-10-13(2)25-18(15)12-17(19)22-20(23)9-8-14-6-4-5-7-16(14)21/h4-7,11-13H,3,8-10,21H2,1-2H3,(H,22,23). The molecule has 25 heavy (non-hydrogen) atoms. The van der Waals surface area contributed by atoms with Crippen LogP contribution in [-0.2, 0) is 17.6 Å². The van der Waals surface area contributed by atoms with Gasteiger partial charge in [0.25, 0.3) is 0 Å². The second-order valence-corrected chi connectivity index (χ2v) is 6.27. The fourth-order valence-corrected chi connectivity index (χ4v) is 3.03. The maximum atomic E-state index is 12.4. The first kappa shape index (κ1) is 17.1.